The highest BCUT2D eigenvalue weighted by molar-refractivity contribution is 5.96. The average Bonchev–Trinajstić information content (AvgIpc) is 2.60. The molecule has 1 amide bonds. The average molecular weight is 355 g/mol. The first-order valence-electron chi connectivity index (χ1n) is 7.98. The first-order chi connectivity index (χ1) is 12.4. The summed E-state index contributed by atoms with van der Waals surface area (Å²) in [5, 5.41) is 11.4. The summed E-state index contributed by atoms with van der Waals surface area (Å²) >= 11 is 0. The predicted octanol–water partition coefficient (Wildman–Crippen LogP) is 3.14. The summed E-state index contributed by atoms with van der Waals surface area (Å²) in [5.41, 5.74) is 2.56. The first-order valence-corrected chi connectivity index (χ1v) is 7.98. The summed E-state index contributed by atoms with van der Waals surface area (Å²) in [5.74, 6) is -0.664. The van der Waals surface area contributed by atoms with Crippen LogP contribution >= 0.6 is 0 Å². The molecule has 0 aromatic heterocycles. The zero-order valence-electron chi connectivity index (χ0n) is 14.9. The van der Waals surface area contributed by atoms with Crippen molar-refractivity contribution in [3.05, 3.63) is 64.9 Å². The molecule has 0 spiro atoms. The lowest BCUT2D eigenvalue weighted by molar-refractivity contribution is -0.134. The molecule has 0 fully saturated rings. The number of amides is 1. The highest BCUT2D eigenvalue weighted by Gasteiger charge is 2.11. The summed E-state index contributed by atoms with van der Waals surface area (Å²) in [7, 11) is 1.51. The van der Waals surface area contributed by atoms with Gasteiger partial charge in [0.15, 0.2) is 11.5 Å². The van der Waals surface area contributed by atoms with E-state index in [1.165, 1.54) is 25.7 Å². The van der Waals surface area contributed by atoms with Gasteiger partial charge >= 0.3 is 5.97 Å². The number of aryl methyl sites for hydroxylation is 1. The molecule has 0 atom stereocenters. The maximum absolute atomic E-state index is 11.2. The maximum atomic E-state index is 11.2. The van der Waals surface area contributed by atoms with Crippen molar-refractivity contribution in [2.45, 2.75) is 20.5 Å². The van der Waals surface area contributed by atoms with Gasteiger partial charge in [0, 0.05) is 6.92 Å². The number of hydrogen-bond acceptors (Lipinski definition) is 4. The minimum atomic E-state index is -1.22. The van der Waals surface area contributed by atoms with Gasteiger partial charge < -0.3 is 19.9 Å². The zero-order chi connectivity index (χ0) is 19.1. The van der Waals surface area contributed by atoms with E-state index in [1.54, 1.807) is 18.2 Å². The Morgan fingerprint density at radius 2 is 1.81 bits per heavy atom. The molecule has 6 heteroatoms. The van der Waals surface area contributed by atoms with Gasteiger partial charge in [0.25, 0.3) is 0 Å². The molecular formula is C20H21NO5. The fourth-order valence-corrected chi connectivity index (χ4v) is 2.25. The van der Waals surface area contributed by atoms with E-state index in [9.17, 15) is 9.59 Å². The number of aliphatic carboxylic acids is 1. The van der Waals surface area contributed by atoms with Gasteiger partial charge in [-0.3, -0.25) is 4.79 Å². The lowest BCUT2D eigenvalue weighted by atomic mass is 10.1. The number of carbonyl (C=O) groups excluding carboxylic acids is 1. The van der Waals surface area contributed by atoms with Crippen molar-refractivity contribution in [1.82, 2.24) is 5.32 Å². The molecule has 2 aromatic carbocycles. The molecule has 2 rings (SSSR count). The second-order valence-electron chi connectivity index (χ2n) is 5.73. The summed E-state index contributed by atoms with van der Waals surface area (Å²) < 4.78 is 11.1. The Hall–Kier alpha value is -3.28. The summed E-state index contributed by atoms with van der Waals surface area (Å²) in [6.07, 6.45) is 1.36. The van der Waals surface area contributed by atoms with Gasteiger partial charge in [-0.2, -0.15) is 0 Å². The summed E-state index contributed by atoms with van der Waals surface area (Å²) in [6.45, 7) is 3.66. The van der Waals surface area contributed by atoms with Gasteiger partial charge in [-0.25, -0.2) is 4.79 Å². The van der Waals surface area contributed by atoms with Crippen LogP contribution in [0.3, 0.4) is 0 Å². The molecule has 0 radical (unpaired) electrons. The highest BCUT2D eigenvalue weighted by atomic mass is 16.5. The van der Waals surface area contributed by atoms with Crippen molar-refractivity contribution >= 4 is 18.0 Å². The van der Waals surface area contributed by atoms with Crippen LogP contribution in [0.5, 0.6) is 11.5 Å². The van der Waals surface area contributed by atoms with E-state index in [0.29, 0.717) is 23.7 Å². The van der Waals surface area contributed by atoms with Gasteiger partial charge in [-0.15, -0.1) is 0 Å². The van der Waals surface area contributed by atoms with E-state index in [-0.39, 0.29) is 5.70 Å². The summed E-state index contributed by atoms with van der Waals surface area (Å²) in [6, 6.07) is 13.1. The third-order valence-electron chi connectivity index (χ3n) is 3.55. The Kier molecular flexibility index (Phi) is 6.38. The van der Waals surface area contributed by atoms with E-state index in [0.717, 1.165) is 5.56 Å². The number of benzene rings is 2. The second-order valence-corrected chi connectivity index (χ2v) is 5.73. The number of hydrogen-bond donors (Lipinski definition) is 2. The Morgan fingerprint density at radius 1 is 1.12 bits per heavy atom. The minimum Gasteiger partial charge on any atom is -0.493 e. The van der Waals surface area contributed by atoms with Crippen molar-refractivity contribution in [2.24, 2.45) is 0 Å². The lowest BCUT2D eigenvalue weighted by Gasteiger charge is -2.12. The second kappa shape index (κ2) is 8.71. The maximum Gasteiger partial charge on any atom is 0.352 e. The topological polar surface area (TPSA) is 84.9 Å². The van der Waals surface area contributed by atoms with Gasteiger partial charge in [-0.05, 0) is 36.3 Å². The number of carboxylic acid groups (broad SMARTS) is 1. The molecule has 0 aliphatic carbocycles. The van der Waals surface area contributed by atoms with Crippen LogP contribution in [0.4, 0.5) is 0 Å². The predicted molar refractivity (Wildman–Crippen MR) is 97.9 cm³/mol. The van der Waals surface area contributed by atoms with Crippen LogP contribution in [0.15, 0.2) is 48.2 Å². The molecule has 0 saturated carbocycles. The molecular weight excluding hydrogens is 334 g/mol. The van der Waals surface area contributed by atoms with Crippen LogP contribution in [-0.2, 0) is 16.2 Å². The van der Waals surface area contributed by atoms with Gasteiger partial charge in [-0.1, -0.05) is 35.9 Å². The van der Waals surface area contributed by atoms with Crippen LogP contribution in [0, 0.1) is 6.92 Å². The van der Waals surface area contributed by atoms with Crippen molar-refractivity contribution in [1.29, 1.82) is 0 Å². The Bertz CT molecular complexity index is 825. The fraction of sp³-hybridized carbons (Fsp3) is 0.200. The third kappa shape index (κ3) is 5.37. The van der Waals surface area contributed by atoms with Crippen molar-refractivity contribution in [3.8, 4) is 11.5 Å². The molecule has 6 nitrogen and oxygen atoms in total. The quantitative estimate of drug-likeness (QED) is 0.745. The van der Waals surface area contributed by atoms with E-state index in [2.05, 4.69) is 5.32 Å². The molecule has 0 heterocycles. The lowest BCUT2D eigenvalue weighted by Crippen LogP contribution is -2.24. The molecule has 0 bridgehead atoms. The number of ether oxygens (including phenoxy) is 2. The SMILES string of the molecule is COc1cc(/C=C(/NC(C)=O)C(=O)O)ccc1OCc1ccc(C)cc1. The number of nitrogens with one attached hydrogen (secondary N) is 1. The Balaban J connectivity index is 2.19. The van der Waals surface area contributed by atoms with E-state index in [1.807, 2.05) is 31.2 Å². The molecule has 0 saturated heterocycles. The monoisotopic (exact) mass is 355 g/mol. The fourth-order valence-electron chi connectivity index (χ4n) is 2.25. The van der Waals surface area contributed by atoms with Gasteiger partial charge in [0.1, 0.15) is 12.3 Å². The van der Waals surface area contributed by atoms with E-state index < -0.39 is 11.9 Å². The normalized spacial score (nSPS) is 11.0. The third-order valence-corrected chi connectivity index (χ3v) is 3.55. The zero-order valence-corrected chi connectivity index (χ0v) is 14.9. The van der Waals surface area contributed by atoms with Crippen molar-refractivity contribution in [3.63, 3.8) is 0 Å². The molecule has 2 N–H and O–H groups in total. The highest BCUT2D eigenvalue weighted by Crippen LogP contribution is 2.29. The number of rotatable bonds is 7. The number of methoxy groups -OCH3 is 1. The number of carboxylic acids is 1. The van der Waals surface area contributed by atoms with Gasteiger partial charge in [0.05, 0.1) is 7.11 Å². The Labute approximate surface area is 152 Å². The molecule has 0 unspecified atom stereocenters. The molecule has 26 heavy (non-hydrogen) atoms. The van der Waals surface area contributed by atoms with E-state index >= 15 is 0 Å². The summed E-state index contributed by atoms with van der Waals surface area (Å²) in [4.78, 5) is 22.3. The molecule has 136 valence electrons. The Morgan fingerprint density at radius 3 is 2.38 bits per heavy atom. The van der Waals surface area contributed by atoms with Crippen LogP contribution in [0.25, 0.3) is 6.08 Å². The largest absolute Gasteiger partial charge is 0.493 e. The first kappa shape index (κ1) is 19.1. The van der Waals surface area contributed by atoms with Crippen molar-refractivity contribution in [2.75, 3.05) is 7.11 Å². The minimum absolute atomic E-state index is 0.215. The van der Waals surface area contributed by atoms with Crippen LogP contribution < -0.4 is 14.8 Å². The van der Waals surface area contributed by atoms with Gasteiger partial charge in [0.2, 0.25) is 5.91 Å². The molecule has 0 aliphatic heterocycles. The smallest absolute Gasteiger partial charge is 0.352 e. The van der Waals surface area contributed by atoms with E-state index in [4.69, 9.17) is 14.6 Å². The molecule has 2 aromatic rings. The van der Waals surface area contributed by atoms with Crippen LogP contribution in [-0.4, -0.2) is 24.1 Å². The van der Waals surface area contributed by atoms with Crippen molar-refractivity contribution < 1.29 is 24.2 Å². The standard InChI is InChI=1S/C20H21NO5/c1-13-4-6-15(7-5-13)12-26-18-9-8-16(11-19(18)25-3)10-17(20(23)24)21-14(2)22/h4-11H,12H2,1-3H3,(H,21,22)(H,23,24)/b17-10+. The number of carbonyl (C=O) groups is 2. The van der Waals surface area contributed by atoms with Crippen LogP contribution in [0.2, 0.25) is 0 Å². The van der Waals surface area contributed by atoms with Crippen LogP contribution in [0.1, 0.15) is 23.6 Å². The molecule has 0 aliphatic rings.